The molecule has 1 aromatic carbocycles. The normalized spacial score (nSPS) is 26.8. The number of carbonyl (C=O) groups is 1. The number of hydrogen-bond donors (Lipinski definition) is 2. The zero-order valence-corrected chi connectivity index (χ0v) is 11.6. The molecule has 0 aromatic heterocycles. The molecule has 3 atom stereocenters. The average Bonchev–Trinajstić information content (AvgIpc) is 2.88. The number of fused-ring (bicyclic) bond motifs is 1. The number of ether oxygens (including phenoxy) is 2. The van der Waals surface area contributed by atoms with Crippen molar-refractivity contribution in [2.24, 2.45) is 11.8 Å². The maximum Gasteiger partial charge on any atom is 0.258 e. The number of rotatable bonds is 6. The van der Waals surface area contributed by atoms with E-state index in [2.05, 4.69) is 10.6 Å². The first-order valence-corrected chi connectivity index (χ1v) is 7.13. The third-order valence-corrected chi connectivity index (χ3v) is 3.92. The lowest BCUT2D eigenvalue weighted by Crippen LogP contribution is -2.35. The van der Waals surface area contributed by atoms with Crippen molar-refractivity contribution >= 4 is 5.91 Å². The Bertz CT molecular complexity index is 465. The zero-order valence-electron chi connectivity index (χ0n) is 11.6. The van der Waals surface area contributed by atoms with Crippen LogP contribution in [0.25, 0.3) is 0 Å². The predicted octanol–water partition coefficient (Wildman–Crippen LogP) is 0.798. The minimum atomic E-state index is -0.0433. The van der Waals surface area contributed by atoms with Crippen LogP contribution < -0.4 is 20.1 Å². The van der Waals surface area contributed by atoms with Crippen LogP contribution in [-0.4, -0.2) is 38.3 Å². The van der Waals surface area contributed by atoms with Crippen LogP contribution in [0.1, 0.15) is 6.92 Å². The Morgan fingerprint density at radius 1 is 1.20 bits per heavy atom. The molecule has 0 radical (unpaired) electrons. The fourth-order valence-corrected chi connectivity index (χ4v) is 2.81. The Morgan fingerprint density at radius 3 is 2.40 bits per heavy atom. The second-order valence-electron chi connectivity index (χ2n) is 5.27. The van der Waals surface area contributed by atoms with Gasteiger partial charge in [-0.3, -0.25) is 4.79 Å². The van der Waals surface area contributed by atoms with Crippen LogP contribution in [0.15, 0.2) is 24.3 Å². The van der Waals surface area contributed by atoms with E-state index >= 15 is 0 Å². The first kappa shape index (κ1) is 13.2. The van der Waals surface area contributed by atoms with Crippen LogP contribution in [0.5, 0.6) is 11.5 Å². The maximum atomic E-state index is 11.8. The third-order valence-electron chi connectivity index (χ3n) is 3.92. The molecule has 5 nitrogen and oxygen atoms in total. The van der Waals surface area contributed by atoms with Crippen molar-refractivity contribution in [2.75, 3.05) is 26.3 Å². The Balaban J connectivity index is 1.41. The smallest absolute Gasteiger partial charge is 0.258 e. The lowest BCUT2D eigenvalue weighted by Gasteiger charge is -2.09. The minimum absolute atomic E-state index is 0.0433. The lowest BCUT2D eigenvalue weighted by molar-refractivity contribution is -0.123. The molecule has 2 aliphatic rings. The fourth-order valence-electron chi connectivity index (χ4n) is 2.81. The van der Waals surface area contributed by atoms with E-state index in [0.29, 0.717) is 30.2 Å². The summed E-state index contributed by atoms with van der Waals surface area (Å²) >= 11 is 0. The second-order valence-corrected chi connectivity index (χ2v) is 5.27. The van der Waals surface area contributed by atoms with Crippen LogP contribution in [0.4, 0.5) is 0 Å². The highest BCUT2D eigenvalue weighted by Crippen LogP contribution is 2.41. The molecule has 1 aliphatic heterocycles. The van der Waals surface area contributed by atoms with Crippen molar-refractivity contribution in [2.45, 2.75) is 13.0 Å². The molecule has 2 fully saturated rings. The van der Waals surface area contributed by atoms with Crippen molar-refractivity contribution < 1.29 is 14.3 Å². The van der Waals surface area contributed by atoms with Gasteiger partial charge < -0.3 is 20.1 Å². The molecule has 1 heterocycles. The van der Waals surface area contributed by atoms with Crippen molar-refractivity contribution in [3.05, 3.63) is 24.3 Å². The van der Waals surface area contributed by atoms with Gasteiger partial charge >= 0.3 is 0 Å². The fraction of sp³-hybridized carbons (Fsp3) is 0.533. The number of nitrogens with one attached hydrogen (secondary N) is 2. The monoisotopic (exact) mass is 276 g/mol. The molecule has 1 amide bonds. The summed E-state index contributed by atoms with van der Waals surface area (Å²) in [7, 11) is 0. The minimum Gasteiger partial charge on any atom is -0.494 e. The molecule has 108 valence electrons. The Hall–Kier alpha value is -1.75. The predicted molar refractivity (Wildman–Crippen MR) is 74.9 cm³/mol. The molecule has 20 heavy (non-hydrogen) atoms. The van der Waals surface area contributed by atoms with Gasteiger partial charge in [0.15, 0.2) is 6.61 Å². The van der Waals surface area contributed by atoms with Gasteiger partial charge in [0, 0.05) is 19.1 Å². The van der Waals surface area contributed by atoms with Crippen LogP contribution in [0, 0.1) is 11.8 Å². The van der Waals surface area contributed by atoms with Gasteiger partial charge in [-0.15, -0.1) is 0 Å². The number of benzene rings is 1. The van der Waals surface area contributed by atoms with Gasteiger partial charge in [0.25, 0.3) is 5.91 Å². The van der Waals surface area contributed by atoms with Crippen molar-refractivity contribution in [3.63, 3.8) is 0 Å². The van der Waals surface area contributed by atoms with E-state index in [9.17, 15) is 4.79 Å². The van der Waals surface area contributed by atoms with E-state index in [4.69, 9.17) is 9.47 Å². The SMILES string of the molecule is CCOc1ccc(OCC(=O)NC2[C@H]3CNC[C@@H]23)cc1. The lowest BCUT2D eigenvalue weighted by atomic mass is 10.3. The second kappa shape index (κ2) is 5.71. The van der Waals surface area contributed by atoms with Crippen LogP contribution in [0.2, 0.25) is 0 Å². The van der Waals surface area contributed by atoms with Gasteiger partial charge in [-0.25, -0.2) is 0 Å². The number of hydrogen-bond acceptors (Lipinski definition) is 4. The van der Waals surface area contributed by atoms with Gasteiger partial charge in [-0.1, -0.05) is 0 Å². The first-order chi connectivity index (χ1) is 9.78. The average molecular weight is 276 g/mol. The van der Waals surface area contributed by atoms with Crippen LogP contribution in [-0.2, 0) is 4.79 Å². The highest BCUT2D eigenvalue weighted by Gasteiger charge is 2.53. The third kappa shape index (κ3) is 2.88. The number of carbonyl (C=O) groups excluding carboxylic acids is 1. The van der Waals surface area contributed by atoms with E-state index in [0.717, 1.165) is 18.8 Å². The van der Waals surface area contributed by atoms with Gasteiger partial charge in [0.1, 0.15) is 11.5 Å². The zero-order chi connectivity index (χ0) is 13.9. The molecule has 1 aliphatic carbocycles. The Morgan fingerprint density at radius 2 is 1.80 bits per heavy atom. The van der Waals surface area contributed by atoms with E-state index in [1.165, 1.54) is 0 Å². The van der Waals surface area contributed by atoms with Gasteiger partial charge in [-0.2, -0.15) is 0 Å². The van der Waals surface area contributed by atoms with E-state index in [1.807, 2.05) is 31.2 Å². The molecule has 2 N–H and O–H groups in total. The summed E-state index contributed by atoms with van der Waals surface area (Å²) in [5.41, 5.74) is 0. The number of amides is 1. The summed E-state index contributed by atoms with van der Waals surface area (Å²) in [6.07, 6.45) is 0. The summed E-state index contributed by atoms with van der Waals surface area (Å²) in [5, 5.41) is 6.33. The Labute approximate surface area is 118 Å². The van der Waals surface area contributed by atoms with E-state index in [1.54, 1.807) is 0 Å². The molecule has 3 rings (SSSR count). The summed E-state index contributed by atoms with van der Waals surface area (Å²) in [6.45, 7) is 4.70. The molecule has 1 saturated carbocycles. The summed E-state index contributed by atoms with van der Waals surface area (Å²) < 4.78 is 10.8. The molecule has 1 saturated heterocycles. The molecular weight excluding hydrogens is 256 g/mol. The summed E-state index contributed by atoms with van der Waals surface area (Å²) in [6, 6.07) is 7.66. The highest BCUT2D eigenvalue weighted by atomic mass is 16.5. The van der Waals surface area contributed by atoms with Crippen LogP contribution >= 0.6 is 0 Å². The Kier molecular flexibility index (Phi) is 3.78. The largest absolute Gasteiger partial charge is 0.494 e. The maximum absolute atomic E-state index is 11.8. The van der Waals surface area contributed by atoms with Crippen molar-refractivity contribution in [1.82, 2.24) is 10.6 Å². The molecule has 1 aromatic rings. The van der Waals surface area contributed by atoms with Crippen LogP contribution in [0.3, 0.4) is 0 Å². The van der Waals surface area contributed by atoms with E-state index in [-0.39, 0.29) is 12.5 Å². The van der Waals surface area contributed by atoms with Gasteiger partial charge in [0.2, 0.25) is 0 Å². The standard InChI is InChI=1S/C15H20N2O3/c1-2-19-10-3-5-11(6-4-10)20-9-14(18)17-15-12-7-16-8-13(12)15/h3-6,12-13,15-16H,2,7-9H2,1H3,(H,17,18)/t12-,13+,15?. The quantitative estimate of drug-likeness (QED) is 0.807. The van der Waals surface area contributed by atoms with Gasteiger partial charge in [-0.05, 0) is 43.0 Å². The molecule has 1 unspecified atom stereocenters. The molecular formula is C15H20N2O3. The highest BCUT2D eigenvalue weighted by molar-refractivity contribution is 5.78. The topological polar surface area (TPSA) is 59.6 Å². The molecule has 0 spiro atoms. The van der Waals surface area contributed by atoms with E-state index < -0.39 is 0 Å². The molecule has 5 heteroatoms. The van der Waals surface area contributed by atoms with Crippen molar-refractivity contribution in [1.29, 1.82) is 0 Å². The summed E-state index contributed by atoms with van der Waals surface area (Å²) in [4.78, 5) is 11.8. The molecule has 0 bridgehead atoms. The van der Waals surface area contributed by atoms with Crippen molar-refractivity contribution in [3.8, 4) is 11.5 Å². The number of piperidine rings is 1. The van der Waals surface area contributed by atoms with Gasteiger partial charge in [0.05, 0.1) is 6.61 Å². The first-order valence-electron chi connectivity index (χ1n) is 7.13. The summed E-state index contributed by atoms with van der Waals surface area (Å²) in [5.74, 6) is 2.70.